The topological polar surface area (TPSA) is 35.5 Å². The first kappa shape index (κ1) is 27.9. The Bertz CT molecular complexity index is 1680. The molecule has 42 heavy (non-hydrogen) atoms. The van der Waals surface area contributed by atoms with Gasteiger partial charge < -0.3 is 9.47 Å². The van der Waals surface area contributed by atoms with Gasteiger partial charge in [-0.2, -0.15) is 0 Å². The highest BCUT2D eigenvalue weighted by Gasteiger charge is 2.31. The summed E-state index contributed by atoms with van der Waals surface area (Å²) in [5.74, 6) is 0.341. The van der Waals surface area contributed by atoms with Gasteiger partial charge in [-0.3, -0.25) is 0 Å². The summed E-state index contributed by atoms with van der Waals surface area (Å²) < 4.78 is 12.1. The van der Waals surface area contributed by atoms with Crippen LogP contribution in [-0.2, 0) is 32.4 Å². The maximum absolute atomic E-state index is 13.0. The number of ether oxygens (including phenoxy) is 2. The molecule has 5 aromatic carbocycles. The Morgan fingerprint density at radius 3 is 1.90 bits per heavy atom. The Balaban J connectivity index is 1.17. The van der Waals surface area contributed by atoms with Crippen molar-refractivity contribution < 1.29 is 14.3 Å². The van der Waals surface area contributed by atoms with E-state index in [1.165, 1.54) is 36.9 Å². The van der Waals surface area contributed by atoms with Gasteiger partial charge in [-0.05, 0) is 97.3 Å². The van der Waals surface area contributed by atoms with Gasteiger partial charge in [0.1, 0.15) is 11.4 Å². The second-order valence-electron chi connectivity index (χ2n) is 11.3. The normalized spacial score (nSPS) is 12.1. The SMILES string of the molecule is Cc1cc([S+](c2ccccc2)c2ccccc2)cc(C)c1OCC(=O)OC(C)(C)c1ccc2c(c1)Cc1ccccc1-2. The van der Waals surface area contributed by atoms with Crippen LogP contribution in [0.3, 0.4) is 0 Å². The second-order valence-corrected chi connectivity index (χ2v) is 13.3. The molecule has 0 spiro atoms. The summed E-state index contributed by atoms with van der Waals surface area (Å²) in [7, 11) is -0.251. The van der Waals surface area contributed by atoms with Crippen LogP contribution in [0.25, 0.3) is 11.1 Å². The number of hydrogen-bond donors (Lipinski definition) is 0. The van der Waals surface area contributed by atoms with Gasteiger partial charge in [-0.15, -0.1) is 0 Å². The van der Waals surface area contributed by atoms with Gasteiger partial charge in [0.15, 0.2) is 21.3 Å². The summed E-state index contributed by atoms with van der Waals surface area (Å²) in [4.78, 5) is 16.8. The lowest BCUT2D eigenvalue weighted by molar-refractivity contribution is -0.159. The number of benzene rings is 5. The molecule has 0 N–H and O–H groups in total. The van der Waals surface area contributed by atoms with Crippen LogP contribution in [0.2, 0.25) is 0 Å². The van der Waals surface area contributed by atoms with Crippen LogP contribution < -0.4 is 4.74 Å². The van der Waals surface area contributed by atoms with Crippen molar-refractivity contribution in [1.29, 1.82) is 0 Å². The van der Waals surface area contributed by atoms with Crippen LogP contribution in [0.5, 0.6) is 5.75 Å². The molecule has 1 aliphatic carbocycles. The van der Waals surface area contributed by atoms with Crippen molar-refractivity contribution in [3.8, 4) is 16.9 Å². The molecule has 0 amide bonds. The molecule has 0 unspecified atom stereocenters. The number of hydrogen-bond acceptors (Lipinski definition) is 3. The molecule has 0 aliphatic heterocycles. The summed E-state index contributed by atoms with van der Waals surface area (Å²) >= 11 is 0. The molecule has 3 nitrogen and oxygen atoms in total. The van der Waals surface area contributed by atoms with Crippen LogP contribution in [-0.4, -0.2) is 12.6 Å². The van der Waals surface area contributed by atoms with Crippen molar-refractivity contribution in [3.05, 3.63) is 143 Å². The third-order valence-electron chi connectivity index (χ3n) is 7.82. The van der Waals surface area contributed by atoms with Crippen molar-refractivity contribution in [1.82, 2.24) is 0 Å². The van der Waals surface area contributed by atoms with Crippen LogP contribution in [0, 0.1) is 13.8 Å². The highest BCUT2D eigenvalue weighted by atomic mass is 32.2. The smallest absolute Gasteiger partial charge is 0.345 e. The summed E-state index contributed by atoms with van der Waals surface area (Å²) in [6.07, 6.45) is 0.900. The fourth-order valence-electron chi connectivity index (χ4n) is 5.80. The van der Waals surface area contributed by atoms with E-state index in [2.05, 4.69) is 103 Å². The fourth-order valence-corrected chi connectivity index (χ4v) is 8.07. The van der Waals surface area contributed by atoms with E-state index in [1.54, 1.807) is 0 Å². The average Bonchev–Trinajstić information content (AvgIpc) is 3.36. The molecule has 0 saturated heterocycles. The van der Waals surface area contributed by atoms with Crippen LogP contribution in [0.1, 0.15) is 41.7 Å². The Morgan fingerprint density at radius 2 is 1.26 bits per heavy atom. The number of fused-ring (bicyclic) bond motifs is 3. The van der Waals surface area contributed by atoms with Crippen molar-refractivity contribution in [3.63, 3.8) is 0 Å². The Labute approximate surface area is 251 Å². The van der Waals surface area contributed by atoms with Gasteiger partial charge in [0.25, 0.3) is 0 Å². The monoisotopic (exact) mass is 571 g/mol. The Hall–Kier alpha value is -4.28. The molecule has 4 heteroatoms. The highest BCUT2D eigenvalue weighted by molar-refractivity contribution is 7.97. The molecule has 0 saturated carbocycles. The van der Waals surface area contributed by atoms with Crippen LogP contribution in [0.15, 0.2) is 130 Å². The Morgan fingerprint density at radius 1 is 0.690 bits per heavy atom. The van der Waals surface area contributed by atoms with Gasteiger partial charge in [0.2, 0.25) is 0 Å². The van der Waals surface area contributed by atoms with Crippen molar-refractivity contribution >= 4 is 16.9 Å². The van der Waals surface area contributed by atoms with E-state index in [1.807, 2.05) is 39.8 Å². The third-order valence-corrected chi connectivity index (χ3v) is 10.0. The summed E-state index contributed by atoms with van der Waals surface area (Å²) in [5.41, 5.74) is 7.36. The third kappa shape index (κ3) is 5.60. The molecule has 6 rings (SSSR count). The maximum Gasteiger partial charge on any atom is 0.345 e. The van der Waals surface area contributed by atoms with Crippen molar-refractivity contribution in [2.24, 2.45) is 0 Å². The minimum atomic E-state index is -0.780. The van der Waals surface area contributed by atoms with Gasteiger partial charge >= 0.3 is 5.97 Å². The maximum atomic E-state index is 13.0. The number of carbonyl (C=O) groups is 1. The molecule has 0 aromatic heterocycles. The van der Waals surface area contributed by atoms with E-state index in [4.69, 9.17) is 9.47 Å². The molecule has 0 atom stereocenters. The van der Waals surface area contributed by atoms with Crippen LogP contribution >= 0.6 is 0 Å². The quantitative estimate of drug-likeness (QED) is 0.135. The van der Waals surface area contributed by atoms with Crippen molar-refractivity contribution in [2.45, 2.75) is 54.4 Å². The minimum Gasteiger partial charge on any atom is -0.481 e. The van der Waals surface area contributed by atoms with Crippen LogP contribution in [0.4, 0.5) is 0 Å². The zero-order chi connectivity index (χ0) is 29.3. The Kier molecular flexibility index (Phi) is 7.66. The molecular weight excluding hydrogens is 536 g/mol. The lowest BCUT2D eigenvalue weighted by Gasteiger charge is -2.26. The standard InChI is InChI=1S/C38H35O3S/c1-26-21-33(42(31-14-7-5-8-15-31)32-16-9-6-10-17-32)22-27(2)37(26)40-25-36(39)41-38(3,4)30-19-20-35-29(24-30)23-28-13-11-12-18-34(28)35/h5-22,24H,23,25H2,1-4H3/q+1. The number of aryl methyl sites for hydroxylation is 2. The molecule has 210 valence electrons. The number of rotatable bonds is 8. The first-order valence-corrected chi connectivity index (χ1v) is 15.5. The summed E-state index contributed by atoms with van der Waals surface area (Å²) in [6, 6.07) is 40.5. The van der Waals surface area contributed by atoms with Gasteiger partial charge in [-0.25, -0.2) is 4.79 Å². The van der Waals surface area contributed by atoms with E-state index in [0.717, 1.165) is 28.9 Å². The molecule has 1 aliphatic rings. The second kappa shape index (κ2) is 11.5. The molecule has 0 radical (unpaired) electrons. The van der Waals surface area contributed by atoms with Gasteiger partial charge in [-0.1, -0.05) is 78.9 Å². The van der Waals surface area contributed by atoms with E-state index in [0.29, 0.717) is 0 Å². The minimum absolute atomic E-state index is 0.149. The lowest BCUT2D eigenvalue weighted by Crippen LogP contribution is -2.29. The number of carbonyl (C=O) groups excluding carboxylic acids is 1. The summed E-state index contributed by atoms with van der Waals surface area (Å²) in [6.45, 7) is 7.81. The predicted molar refractivity (Wildman–Crippen MR) is 170 cm³/mol. The van der Waals surface area contributed by atoms with E-state index in [-0.39, 0.29) is 23.5 Å². The van der Waals surface area contributed by atoms with E-state index < -0.39 is 5.60 Å². The highest BCUT2D eigenvalue weighted by Crippen LogP contribution is 2.39. The van der Waals surface area contributed by atoms with E-state index >= 15 is 0 Å². The first-order chi connectivity index (χ1) is 20.3. The largest absolute Gasteiger partial charge is 0.481 e. The van der Waals surface area contributed by atoms with E-state index in [9.17, 15) is 4.79 Å². The number of esters is 1. The lowest BCUT2D eigenvalue weighted by atomic mass is 9.94. The fraction of sp³-hybridized carbons (Fsp3) is 0.184. The predicted octanol–water partition coefficient (Wildman–Crippen LogP) is 8.83. The van der Waals surface area contributed by atoms with Gasteiger partial charge in [0.05, 0.1) is 10.9 Å². The zero-order valence-electron chi connectivity index (χ0n) is 24.5. The molecule has 0 bridgehead atoms. The first-order valence-electron chi connectivity index (χ1n) is 14.3. The zero-order valence-corrected chi connectivity index (χ0v) is 25.3. The molecule has 0 fully saturated rings. The molecule has 0 heterocycles. The van der Waals surface area contributed by atoms with Crippen molar-refractivity contribution in [2.75, 3.05) is 6.61 Å². The molecule has 5 aromatic rings. The summed E-state index contributed by atoms with van der Waals surface area (Å²) in [5, 5.41) is 0. The van der Waals surface area contributed by atoms with Gasteiger partial charge in [0, 0.05) is 12.1 Å². The average molecular weight is 572 g/mol. The molecular formula is C38H35O3S+.